The summed E-state index contributed by atoms with van der Waals surface area (Å²) in [6.45, 7) is 0. The van der Waals surface area contributed by atoms with Crippen molar-refractivity contribution in [2.24, 2.45) is 12.8 Å². The maximum absolute atomic E-state index is 6.27. The van der Waals surface area contributed by atoms with Gasteiger partial charge in [-0.1, -0.05) is 12.1 Å². The Morgan fingerprint density at radius 2 is 2.17 bits per heavy atom. The zero-order chi connectivity index (χ0) is 12.5. The molecule has 0 saturated heterocycles. The first kappa shape index (κ1) is 10.9. The van der Waals surface area contributed by atoms with Gasteiger partial charge in [0.2, 0.25) is 0 Å². The molecule has 1 unspecified atom stereocenters. The van der Waals surface area contributed by atoms with E-state index in [-0.39, 0.29) is 6.04 Å². The maximum atomic E-state index is 6.27. The summed E-state index contributed by atoms with van der Waals surface area (Å²) in [5, 5.41) is 1.10. The van der Waals surface area contributed by atoms with Gasteiger partial charge in [-0.25, -0.2) is 4.98 Å². The van der Waals surface area contributed by atoms with Gasteiger partial charge >= 0.3 is 0 Å². The molecular formula is C14H14N4. The minimum Gasteiger partial charge on any atom is -0.336 e. The molecule has 0 aliphatic rings. The van der Waals surface area contributed by atoms with E-state index in [2.05, 4.69) is 16.0 Å². The van der Waals surface area contributed by atoms with Crippen LogP contribution in [-0.2, 0) is 7.05 Å². The van der Waals surface area contributed by atoms with Crippen LogP contribution in [0.2, 0.25) is 0 Å². The Balaban J connectivity index is 2.07. The Bertz CT molecular complexity index is 687. The molecule has 2 N–H and O–H groups in total. The third kappa shape index (κ3) is 1.76. The Hall–Kier alpha value is -2.20. The van der Waals surface area contributed by atoms with E-state index in [1.807, 2.05) is 35.9 Å². The predicted octanol–water partition coefficient (Wildman–Crippen LogP) is 2.02. The molecular weight excluding hydrogens is 224 g/mol. The van der Waals surface area contributed by atoms with Gasteiger partial charge in [0, 0.05) is 18.6 Å². The SMILES string of the molecule is Cn1cncc1C(N)c1ccc2ncccc2c1. The first-order chi connectivity index (χ1) is 8.75. The number of aromatic nitrogens is 3. The van der Waals surface area contributed by atoms with E-state index in [0.717, 1.165) is 22.2 Å². The minimum atomic E-state index is -0.165. The maximum Gasteiger partial charge on any atom is 0.0946 e. The predicted molar refractivity (Wildman–Crippen MR) is 71.0 cm³/mol. The molecule has 0 fully saturated rings. The van der Waals surface area contributed by atoms with E-state index in [1.165, 1.54) is 0 Å². The van der Waals surface area contributed by atoms with Gasteiger partial charge in [-0.05, 0) is 23.8 Å². The summed E-state index contributed by atoms with van der Waals surface area (Å²) in [4.78, 5) is 8.40. The van der Waals surface area contributed by atoms with Crippen molar-refractivity contribution in [2.45, 2.75) is 6.04 Å². The lowest BCUT2D eigenvalue weighted by Gasteiger charge is -2.13. The molecule has 1 atom stereocenters. The molecule has 2 heterocycles. The van der Waals surface area contributed by atoms with Gasteiger partial charge in [0.25, 0.3) is 0 Å². The lowest BCUT2D eigenvalue weighted by molar-refractivity contribution is 0.747. The van der Waals surface area contributed by atoms with Gasteiger partial charge in [0.05, 0.1) is 29.8 Å². The van der Waals surface area contributed by atoms with Crippen LogP contribution in [0.3, 0.4) is 0 Å². The summed E-state index contributed by atoms with van der Waals surface area (Å²) >= 11 is 0. The standard InChI is InChI=1S/C14H14N4/c1-18-9-16-8-13(18)14(15)11-4-5-12-10(7-11)3-2-6-17-12/h2-9,14H,15H2,1H3. The third-order valence-corrected chi connectivity index (χ3v) is 3.16. The fraction of sp³-hybridized carbons (Fsp3) is 0.143. The number of hydrogen-bond acceptors (Lipinski definition) is 3. The molecule has 4 nitrogen and oxygen atoms in total. The number of fused-ring (bicyclic) bond motifs is 1. The highest BCUT2D eigenvalue weighted by atomic mass is 15.0. The van der Waals surface area contributed by atoms with Gasteiger partial charge in [-0.3, -0.25) is 4.98 Å². The molecule has 90 valence electrons. The molecule has 0 radical (unpaired) electrons. The summed E-state index contributed by atoms with van der Waals surface area (Å²) in [5.74, 6) is 0. The molecule has 2 aromatic heterocycles. The molecule has 0 amide bonds. The zero-order valence-corrected chi connectivity index (χ0v) is 10.1. The molecule has 1 aromatic carbocycles. The Morgan fingerprint density at radius 3 is 2.94 bits per heavy atom. The van der Waals surface area contributed by atoms with E-state index in [4.69, 9.17) is 5.73 Å². The van der Waals surface area contributed by atoms with Crippen LogP contribution in [0.15, 0.2) is 49.1 Å². The van der Waals surface area contributed by atoms with Crippen molar-refractivity contribution < 1.29 is 0 Å². The van der Waals surface area contributed by atoms with E-state index in [9.17, 15) is 0 Å². The number of aryl methyl sites for hydroxylation is 1. The molecule has 0 saturated carbocycles. The zero-order valence-electron chi connectivity index (χ0n) is 10.1. The number of nitrogens with two attached hydrogens (primary N) is 1. The fourth-order valence-corrected chi connectivity index (χ4v) is 2.13. The van der Waals surface area contributed by atoms with Crippen molar-refractivity contribution >= 4 is 10.9 Å². The van der Waals surface area contributed by atoms with E-state index in [0.29, 0.717) is 0 Å². The molecule has 4 heteroatoms. The van der Waals surface area contributed by atoms with Crippen LogP contribution in [0.4, 0.5) is 0 Å². The summed E-state index contributed by atoms with van der Waals surface area (Å²) in [5.41, 5.74) is 9.32. The molecule has 0 spiro atoms. The summed E-state index contributed by atoms with van der Waals surface area (Å²) in [6, 6.07) is 9.92. The number of nitrogens with zero attached hydrogens (tertiary/aromatic N) is 3. The highest BCUT2D eigenvalue weighted by Crippen LogP contribution is 2.22. The lowest BCUT2D eigenvalue weighted by atomic mass is 10.0. The summed E-state index contributed by atoms with van der Waals surface area (Å²) < 4.78 is 1.94. The summed E-state index contributed by atoms with van der Waals surface area (Å²) in [7, 11) is 1.95. The quantitative estimate of drug-likeness (QED) is 0.743. The normalized spacial score (nSPS) is 12.8. The number of hydrogen-bond donors (Lipinski definition) is 1. The van der Waals surface area contributed by atoms with Gasteiger partial charge in [0.1, 0.15) is 0 Å². The Morgan fingerprint density at radius 1 is 1.28 bits per heavy atom. The Kier molecular flexibility index (Phi) is 2.57. The van der Waals surface area contributed by atoms with Crippen LogP contribution in [0, 0.1) is 0 Å². The minimum absolute atomic E-state index is 0.165. The van der Waals surface area contributed by atoms with Crippen molar-refractivity contribution in [2.75, 3.05) is 0 Å². The van der Waals surface area contributed by atoms with Crippen molar-refractivity contribution in [1.29, 1.82) is 0 Å². The topological polar surface area (TPSA) is 56.7 Å². The Labute approximate surface area is 105 Å². The first-order valence-electron chi connectivity index (χ1n) is 5.82. The highest BCUT2D eigenvalue weighted by molar-refractivity contribution is 5.79. The van der Waals surface area contributed by atoms with Crippen LogP contribution >= 0.6 is 0 Å². The van der Waals surface area contributed by atoms with Crippen LogP contribution in [0.25, 0.3) is 10.9 Å². The van der Waals surface area contributed by atoms with Crippen LogP contribution < -0.4 is 5.73 Å². The second-order valence-electron chi connectivity index (χ2n) is 4.36. The van der Waals surface area contributed by atoms with Crippen LogP contribution in [0.1, 0.15) is 17.3 Å². The second-order valence-corrected chi connectivity index (χ2v) is 4.36. The monoisotopic (exact) mass is 238 g/mol. The van der Waals surface area contributed by atoms with Crippen molar-refractivity contribution in [1.82, 2.24) is 14.5 Å². The van der Waals surface area contributed by atoms with Gasteiger partial charge in [-0.15, -0.1) is 0 Å². The van der Waals surface area contributed by atoms with E-state index >= 15 is 0 Å². The fourth-order valence-electron chi connectivity index (χ4n) is 2.13. The molecule has 3 aromatic rings. The highest BCUT2D eigenvalue weighted by Gasteiger charge is 2.12. The molecule has 0 bridgehead atoms. The second kappa shape index (κ2) is 4.23. The first-order valence-corrected chi connectivity index (χ1v) is 5.82. The lowest BCUT2D eigenvalue weighted by Crippen LogP contribution is -2.15. The van der Waals surface area contributed by atoms with E-state index < -0.39 is 0 Å². The summed E-state index contributed by atoms with van der Waals surface area (Å²) in [6.07, 6.45) is 5.36. The van der Waals surface area contributed by atoms with Crippen LogP contribution in [-0.4, -0.2) is 14.5 Å². The van der Waals surface area contributed by atoms with Crippen molar-refractivity contribution in [3.05, 3.63) is 60.3 Å². The molecule has 0 aliphatic heterocycles. The van der Waals surface area contributed by atoms with Gasteiger partial charge in [0.15, 0.2) is 0 Å². The molecule has 18 heavy (non-hydrogen) atoms. The average molecular weight is 238 g/mol. The van der Waals surface area contributed by atoms with Crippen molar-refractivity contribution in [3.8, 4) is 0 Å². The van der Waals surface area contributed by atoms with Gasteiger partial charge in [-0.2, -0.15) is 0 Å². The number of benzene rings is 1. The number of pyridine rings is 1. The molecule has 3 rings (SSSR count). The van der Waals surface area contributed by atoms with E-state index in [1.54, 1.807) is 18.7 Å². The van der Waals surface area contributed by atoms with Gasteiger partial charge < -0.3 is 10.3 Å². The van der Waals surface area contributed by atoms with Crippen LogP contribution in [0.5, 0.6) is 0 Å². The smallest absolute Gasteiger partial charge is 0.0946 e. The van der Waals surface area contributed by atoms with Crippen molar-refractivity contribution in [3.63, 3.8) is 0 Å². The third-order valence-electron chi connectivity index (χ3n) is 3.16. The number of imidazole rings is 1. The number of rotatable bonds is 2. The molecule has 0 aliphatic carbocycles. The average Bonchev–Trinajstić information content (AvgIpc) is 2.83. The largest absolute Gasteiger partial charge is 0.336 e.